The lowest BCUT2D eigenvalue weighted by Crippen LogP contribution is -2.41. The van der Waals surface area contributed by atoms with E-state index in [0.717, 1.165) is 37.0 Å². The number of alkyl halides is 3. The lowest BCUT2D eigenvalue weighted by atomic mass is 10.0. The molecule has 3 heterocycles. The van der Waals surface area contributed by atoms with E-state index in [2.05, 4.69) is 15.2 Å². The summed E-state index contributed by atoms with van der Waals surface area (Å²) >= 11 is 0. The van der Waals surface area contributed by atoms with Crippen LogP contribution in [-0.2, 0) is 11.3 Å². The molecule has 1 saturated carbocycles. The second-order valence-electron chi connectivity index (χ2n) is 8.23. The molecule has 2 saturated heterocycles. The Morgan fingerprint density at radius 2 is 1.79 bits per heavy atom. The lowest BCUT2D eigenvalue weighted by molar-refractivity contribution is -0.274. The molecule has 1 aromatic heterocycles. The molecule has 156 valence electrons. The molecule has 0 unspecified atom stereocenters. The van der Waals surface area contributed by atoms with Gasteiger partial charge in [0.05, 0.1) is 12.7 Å². The van der Waals surface area contributed by atoms with E-state index in [-0.39, 0.29) is 29.9 Å². The summed E-state index contributed by atoms with van der Waals surface area (Å²) in [6.07, 6.45) is 1.65. The van der Waals surface area contributed by atoms with Gasteiger partial charge in [-0.1, -0.05) is 17.3 Å². The van der Waals surface area contributed by atoms with Crippen molar-refractivity contribution in [1.29, 1.82) is 0 Å². The van der Waals surface area contributed by atoms with E-state index in [1.54, 1.807) is 12.1 Å². The van der Waals surface area contributed by atoms with Crippen molar-refractivity contribution < 1.29 is 27.2 Å². The molecule has 3 aliphatic rings. The molecule has 3 fully saturated rings. The zero-order chi connectivity index (χ0) is 20.0. The Hall–Kier alpha value is -2.06. The molecule has 29 heavy (non-hydrogen) atoms. The predicted octanol–water partition coefficient (Wildman–Crippen LogP) is 4.92. The number of benzene rings is 1. The fourth-order valence-corrected chi connectivity index (χ4v) is 4.56. The number of nitrogens with zero attached hydrogens (tertiary/aromatic N) is 1. The Morgan fingerprint density at radius 3 is 2.48 bits per heavy atom. The number of fused-ring (bicyclic) bond motifs is 2. The predicted molar refractivity (Wildman–Crippen MR) is 98.4 cm³/mol. The van der Waals surface area contributed by atoms with Crippen LogP contribution in [0.3, 0.4) is 0 Å². The first-order valence-corrected chi connectivity index (χ1v) is 10.2. The third-order valence-corrected chi connectivity index (χ3v) is 6.03. The van der Waals surface area contributed by atoms with Gasteiger partial charge in [0.25, 0.3) is 0 Å². The Balaban J connectivity index is 1.41. The van der Waals surface area contributed by atoms with Gasteiger partial charge in [-0.25, -0.2) is 0 Å². The zero-order valence-electron chi connectivity index (χ0n) is 15.9. The van der Waals surface area contributed by atoms with Crippen LogP contribution in [0, 0.1) is 0 Å². The van der Waals surface area contributed by atoms with Crippen LogP contribution in [0.15, 0.2) is 28.8 Å². The highest BCUT2D eigenvalue weighted by Crippen LogP contribution is 2.46. The van der Waals surface area contributed by atoms with Crippen LogP contribution >= 0.6 is 0 Å². The van der Waals surface area contributed by atoms with Gasteiger partial charge in [-0.15, -0.1) is 13.2 Å². The normalized spacial score (nSPS) is 26.7. The highest BCUT2D eigenvalue weighted by molar-refractivity contribution is 5.70. The molecule has 8 heteroatoms. The van der Waals surface area contributed by atoms with Crippen LogP contribution in [-0.4, -0.2) is 29.7 Å². The van der Waals surface area contributed by atoms with Gasteiger partial charge in [0.2, 0.25) is 0 Å². The summed E-state index contributed by atoms with van der Waals surface area (Å²) < 4.78 is 54.6. The van der Waals surface area contributed by atoms with Crippen molar-refractivity contribution in [3.8, 4) is 17.0 Å². The number of rotatable bonds is 6. The number of nitrogens with one attached hydrogen (secondary N) is 1. The third kappa shape index (κ3) is 4.14. The number of para-hydroxylation sites is 1. The minimum atomic E-state index is -4.77. The average molecular weight is 408 g/mol. The number of hydrogen-bond donors (Lipinski definition) is 1. The monoisotopic (exact) mass is 408 g/mol. The van der Waals surface area contributed by atoms with Crippen molar-refractivity contribution in [1.82, 2.24) is 10.5 Å². The molecule has 5 nitrogen and oxygen atoms in total. The minimum Gasteiger partial charge on any atom is -0.405 e. The Labute approximate surface area is 166 Å². The summed E-state index contributed by atoms with van der Waals surface area (Å²) in [6.45, 7) is 0.287. The van der Waals surface area contributed by atoms with Crippen LogP contribution in [0.5, 0.6) is 5.75 Å². The molecule has 0 spiro atoms. The Morgan fingerprint density at radius 1 is 1.07 bits per heavy atom. The standard InChI is InChI=1S/C21H23F3N2O3/c22-21(23,24)28-18-4-2-1-3-16(18)19-17(20(29-26-19)12-5-6-12)11-27-15-9-13-7-8-14(10-15)25-13/h1-4,12-15,25H,5-11H2/t13-,14+,15-. The highest BCUT2D eigenvalue weighted by Gasteiger charge is 2.37. The number of aromatic nitrogens is 1. The number of halogens is 3. The second-order valence-corrected chi connectivity index (χ2v) is 8.23. The van der Waals surface area contributed by atoms with E-state index >= 15 is 0 Å². The average Bonchev–Trinajstić information content (AvgIpc) is 3.35. The Kier molecular flexibility index (Phi) is 4.78. The van der Waals surface area contributed by atoms with E-state index in [1.165, 1.54) is 25.0 Å². The van der Waals surface area contributed by atoms with Gasteiger partial charge in [-0.2, -0.15) is 0 Å². The van der Waals surface area contributed by atoms with Gasteiger partial charge in [0, 0.05) is 29.1 Å². The SMILES string of the molecule is FC(F)(F)Oc1ccccc1-c1noc(C2CC2)c1CO[C@@H]1C[C@H]2CC[C@@H](C1)N2. The van der Waals surface area contributed by atoms with Crippen molar-refractivity contribution in [3.63, 3.8) is 0 Å². The molecule has 3 atom stereocenters. The minimum absolute atomic E-state index is 0.144. The van der Waals surface area contributed by atoms with Gasteiger partial charge in [-0.05, 0) is 50.7 Å². The molecule has 2 aliphatic heterocycles. The largest absolute Gasteiger partial charge is 0.573 e. The van der Waals surface area contributed by atoms with Gasteiger partial charge in [-0.3, -0.25) is 0 Å². The first-order valence-electron chi connectivity index (χ1n) is 10.2. The van der Waals surface area contributed by atoms with E-state index in [4.69, 9.17) is 9.26 Å². The van der Waals surface area contributed by atoms with Crippen LogP contribution in [0.4, 0.5) is 13.2 Å². The van der Waals surface area contributed by atoms with Gasteiger partial charge >= 0.3 is 6.36 Å². The maximum atomic E-state index is 12.9. The van der Waals surface area contributed by atoms with E-state index in [9.17, 15) is 13.2 Å². The number of piperidine rings is 1. The van der Waals surface area contributed by atoms with Crippen molar-refractivity contribution in [3.05, 3.63) is 35.6 Å². The van der Waals surface area contributed by atoms with Crippen LogP contribution in [0.2, 0.25) is 0 Å². The molecule has 1 aliphatic carbocycles. The molecule has 2 bridgehead atoms. The molecule has 1 aromatic carbocycles. The zero-order valence-corrected chi connectivity index (χ0v) is 15.9. The van der Waals surface area contributed by atoms with Crippen LogP contribution in [0.1, 0.15) is 55.8 Å². The maximum Gasteiger partial charge on any atom is 0.573 e. The topological polar surface area (TPSA) is 56.5 Å². The second kappa shape index (κ2) is 7.32. The van der Waals surface area contributed by atoms with E-state index in [0.29, 0.717) is 17.8 Å². The van der Waals surface area contributed by atoms with Crippen LogP contribution in [0.25, 0.3) is 11.3 Å². The van der Waals surface area contributed by atoms with Crippen molar-refractivity contribution in [2.24, 2.45) is 0 Å². The first kappa shape index (κ1) is 18.9. The summed E-state index contributed by atoms with van der Waals surface area (Å²) in [5, 5.41) is 7.72. The van der Waals surface area contributed by atoms with Gasteiger partial charge in [0.1, 0.15) is 17.2 Å². The first-order chi connectivity index (χ1) is 14.0. The summed E-state index contributed by atoms with van der Waals surface area (Å²) in [7, 11) is 0. The summed E-state index contributed by atoms with van der Waals surface area (Å²) in [5.41, 5.74) is 1.39. The van der Waals surface area contributed by atoms with Crippen LogP contribution < -0.4 is 10.1 Å². The molecular formula is C21H23F3N2O3. The van der Waals surface area contributed by atoms with Gasteiger partial charge in [0.15, 0.2) is 0 Å². The lowest BCUT2D eigenvalue weighted by Gasteiger charge is -2.29. The number of hydrogen-bond acceptors (Lipinski definition) is 5. The highest BCUT2D eigenvalue weighted by atomic mass is 19.4. The fourth-order valence-electron chi connectivity index (χ4n) is 4.56. The van der Waals surface area contributed by atoms with E-state index in [1.807, 2.05) is 0 Å². The number of ether oxygens (including phenoxy) is 2. The van der Waals surface area contributed by atoms with Gasteiger partial charge < -0.3 is 19.3 Å². The summed E-state index contributed by atoms with van der Waals surface area (Å²) in [5.74, 6) is 0.727. The Bertz CT molecular complexity index is 866. The van der Waals surface area contributed by atoms with E-state index < -0.39 is 6.36 Å². The molecule has 0 amide bonds. The molecule has 5 rings (SSSR count). The summed E-state index contributed by atoms with van der Waals surface area (Å²) in [4.78, 5) is 0. The van der Waals surface area contributed by atoms with Crippen molar-refractivity contribution >= 4 is 0 Å². The summed E-state index contributed by atoms with van der Waals surface area (Å²) in [6, 6.07) is 7.05. The molecule has 1 N–H and O–H groups in total. The molecule has 0 radical (unpaired) electrons. The fraction of sp³-hybridized carbons (Fsp3) is 0.571. The molecule has 2 aromatic rings. The molecular weight excluding hydrogens is 385 g/mol. The van der Waals surface area contributed by atoms with Crippen molar-refractivity contribution in [2.75, 3.05) is 0 Å². The van der Waals surface area contributed by atoms with Crippen molar-refractivity contribution in [2.45, 2.75) is 75.6 Å². The third-order valence-electron chi connectivity index (χ3n) is 6.03. The smallest absolute Gasteiger partial charge is 0.405 e. The maximum absolute atomic E-state index is 12.9. The quantitative estimate of drug-likeness (QED) is 0.736.